The van der Waals surface area contributed by atoms with Gasteiger partial charge >= 0.3 is 0 Å². The minimum absolute atomic E-state index is 0.189. The van der Waals surface area contributed by atoms with E-state index in [0.717, 1.165) is 0 Å². The van der Waals surface area contributed by atoms with Gasteiger partial charge in [0.25, 0.3) is 0 Å². The summed E-state index contributed by atoms with van der Waals surface area (Å²) in [7, 11) is 0. The lowest BCUT2D eigenvalue weighted by atomic mass is 10.0. The van der Waals surface area contributed by atoms with Crippen molar-refractivity contribution in [2.75, 3.05) is 0 Å². The third-order valence-electron chi connectivity index (χ3n) is 2.55. The third kappa shape index (κ3) is 2.91. The summed E-state index contributed by atoms with van der Waals surface area (Å²) in [6, 6.07) is 5.98. The Morgan fingerprint density at radius 2 is 1.58 bits per heavy atom. The van der Waals surface area contributed by atoms with Gasteiger partial charge in [-0.3, -0.25) is 0 Å². The van der Waals surface area contributed by atoms with Crippen molar-refractivity contribution in [1.29, 1.82) is 0 Å². The van der Waals surface area contributed by atoms with Gasteiger partial charge in [0.2, 0.25) is 0 Å². The molecule has 2 aromatic carbocycles. The molecule has 0 radical (unpaired) electrons. The highest BCUT2D eigenvalue weighted by Gasteiger charge is 2.23. The van der Waals surface area contributed by atoms with Crippen LogP contribution in [0.4, 0.5) is 13.2 Å². The predicted octanol–water partition coefficient (Wildman–Crippen LogP) is 5.90. The predicted molar refractivity (Wildman–Crippen MR) is 73.5 cm³/mol. The van der Waals surface area contributed by atoms with Gasteiger partial charge < -0.3 is 0 Å². The van der Waals surface area contributed by atoms with Crippen molar-refractivity contribution in [1.82, 2.24) is 0 Å². The van der Waals surface area contributed by atoms with E-state index in [2.05, 4.69) is 15.9 Å². The lowest BCUT2D eigenvalue weighted by molar-refractivity contribution is 0.527. The number of hydrogen-bond donors (Lipinski definition) is 0. The third-order valence-corrected chi connectivity index (χ3v) is 4.34. The maximum Gasteiger partial charge on any atom is 0.133 e. The topological polar surface area (TPSA) is 0 Å². The fourth-order valence-corrected chi connectivity index (χ4v) is 3.03. The van der Waals surface area contributed by atoms with Gasteiger partial charge in [0, 0.05) is 17.7 Å². The summed E-state index contributed by atoms with van der Waals surface area (Å²) in [4.78, 5) is -0.862. The van der Waals surface area contributed by atoms with E-state index in [1.165, 1.54) is 0 Å². The van der Waals surface area contributed by atoms with E-state index in [1.54, 1.807) is 18.2 Å². The van der Waals surface area contributed by atoms with E-state index >= 15 is 0 Å². The number of halogens is 6. The molecule has 0 aliphatic heterocycles. The van der Waals surface area contributed by atoms with Crippen LogP contribution in [0.1, 0.15) is 16.0 Å². The molecule has 2 rings (SSSR count). The van der Waals surface area contributed by atoms with Gasteiger partial charge in [0.05, 0.1) is 14.9 Å². The minimum Gasteiger partial charge on any atom is -0.207 e. The van der Waals surface area contributed by atoms with Crippen LogP contribution in [0.15, 0.2) is 30.3 Å². The van der Waals surface area contributed by atoms with Crippen molar-refractivity contribution >= 4 is 39.1 Å². The van der Waals surface area contributed by atoms with E-state index in [9.17, 15) is 13.2 Å². The maximum atomic E-state index is 13.7. The molecule has 1 atom stereocenters. The second-order valence-corrected chi connectivity index (χ2v) is 5.49. The van der Waals surface area contributed by atoms with Gasteiger partial charge in [-0.05, 0) is 11.6 Å². The first-order chi connectivity index (χ1) is 8.91. The summed E-state index contributed by atoms with van der Waals surface area (Å²) in [5, 5.41) is 0.459. The SMILES string of the molecule is Fc1cc(F)c(C(Br)c2cccc(Cl)c2Cl)c(F)c1. The molecule has 0 bridgehead atoms. The molecule has 0 nitrogen and oxygen atoms in total. The van der Waals surface area contributed by atoms with Gasteiger partial charge in [-0.2, -0.15) is 0 Å². The summed E-state index contributed by atoms with van der Waals surface area (Å²) < 4.78 is 40.3. The van der Waals surface area contributed by atoms with Gasteiger partial charge in [-0.15, -0.1) is 0 Å². The monoisotopic (exact) mass is 368 g/mol. The first-order valence-electron chi connectivity index (χ1n) is 5.14. The quantitative estimate of drug-likeness (QED) is 0.578. The van der Waals surface area contributed by atoms with Crippen LogP contribution >= 0.6 is 39.1 Å². The molecule has 0 spiro atoms. The van der Waals surface area contributed by atoms with E-state index in [4.69, 9.17) is 23.2 Å². The molecule has 1 unspecified atom stereocenters. The van der Waals surface area contributed by atoms with Gasteiger partial charge in [0.1, 0.15) is 17.5 Å². The molecule has 0 fully saturated rings. The lowest BCUT2D eigenvalue weighted by Crippen LogP contribution is -2.02. The highest BCUT2D eigenvalue weighted by atomic mass is 79.9. The number of hydrogen-bond acceptors (Lipinski definition) is 0. The molecule has 19 heavy (non-hydrogen) atoms. The zero-order valence-corrected chi connectivity index (χ0v) is 12.3. The Balaban J connectivity index is 2.56. The van der Waals surface area contributed by atoms with E-state index in [0.29, 0.717) is 17.7 Å². The van der Waals surface area contributed by atoms with Gasteiger partial charge in [-0.1, -0.05) is 51.3 Å². The van der Waals surface area contributed by atoms with Crippen LogP contribution in [0.2, 0.25) is 10.0 Å². The summed E-state index contributed by atoms with van der Waals surface area (Å²) in [6.45, 7) is 0. The number of benzene rings is 2. The Morgan fingerprint density at radius 1 is 1.00 bits per heavy atom. The first kappa shape index (κ1) is 14.7. The van der Waals surface area contributed by atoms with Crippen LogP contribution in [0.25, 0.3) is 0 Å². The molecule has 0 saturated heterocycles. The van der Waals surface area contributed by atoms with Crippen LogP contribution in [0.5, 0.6) is 0 Å². The van der Waals surface area contributed by atoms with Crippen molar-refractivity contribution < 1.29 is 13.2 Å². The summed E-state index contributed by atoms with van der Waals surface area (Å²) in [5.74, 6) is -2.96. The van der Waals surface area contributed by atoms with Crippen LogP contribution in [-0.2, 0) is 0 Å². The largest absolute Gasteiger partial charge is 0.207 e. The molecule has 0 aromatic heterocycles. The molecule has 2 aromatic rings. The molecule has 0 amide bonds. The van der Waals surface area contributed by atoms with Crippen LogP contribution in [-0.4, -0.2) is 0 Å². The van der Waals surface area contributed by atoms with Crippen molar-refractivity contribution in [3.63, 3.8) is 0 Å². The van der Waals surface area contributed by atoms with Crippen molar-refractivity contribution in [3.8, 4) is 0 Å². The van der Waals surface area contributed by atoms with Crippen molar-refractivity contribution in [2.45, 2.75) is 4.83 Å². The normalized spacial score (nSPS) is 12.5. The second kappa shape index (κ2) is 5.73. The highest BCUT2D eigenvalue weighted by Crippen LogP contribution is 2.40. The molecule has 0 aliphatic carbocycles. The zero-order valence-electron chi connectivity index (χ0n) is 9.23. The van der Waals surface area contributed by atoms with E-state index in [1.807, 2.05) is 0 Å². The first-order valence-corrected chi connectivity index (χ1v) is 6.81. The smallest absolute Gasteiger partial charge is 0.133 e. The fraction of sp³-hybridized carbons (Fsp3) is 0.0769. The molecule has 0 saturated carbocycles. The second-order valence-electron chi connectivity index (χ2n) is 3.79. The Kier molecular flexibility index (Phi) is 4.43. The number of alkyl halides is 1. The average Bonchev–Trinajstić information content (AvgIpc) is 2.31. The lowest BCUT2D eigenvalue weighted by Gasteiger charge is -2.15. The van der Waals surface area contributed by atoms with Gasteiger partial charge in [0.15, 0.2) is 0 Å². The Bertz CT molecular complexity index is 608. The summed E-state index contributed by atoms with van der Waals surface area (Å²) >= 11 is 15.0. The fourth-order valence-electron chi connectivity index (χ4n) is 1.67. The minimum atomic E-state index is -0.990. The van der Waals surface area contributed by atoms with Gasteiger partial charge in [-0.25, -0.2) is 13.2 Å². The highest BCUT2D eigenvalue weighted by molar-refractivity contribution is 9.09. The average molecular weight is 370 g/mol. The molecule has 6 heteroatoms. The molecular weight excluding hydrogens is 364 g/mol. The van der Waals surface area contributed by atoms with Crippen LogP contribution in [0.3, 0.4) is 0 Å². The van der Waals surface area contributed by atoms with E-state index in [-0.39, 0.29) is 15.6 Å². The molecule has 0 heterocycles. The van der Waals surface area contributed by atoms with E-state index < -0.39 is 22.3 Å². The summed E-state index contributed by atoms with van der Waals surface area (Å²) in [5.41, 5.74) is 0.0872. The molecule has 0 aliphatic rings. The maximum absolute atomic E-state index is 13.7. The van der Waals surface area contributed by atoms with Crippen LogP contribution < -0.4 is 0 Å². The standard InChI is InChI=1S/C13H6BrCl2F3/c14-12(7-2-1-3-8(15)13(7)16)11-9(18)4-6(17)5-10(11)19/h1-5,12H. The number of rotatable bonds is 2. The summed E-state index contributed by atoms with van der Waals surface area (Å²) in [6.07, 6.45) is 0. The Morgan fingerprint density at radius 3 is 2.16 bits per heavy atom. The zero-order chi connectivity index (χ0) is 14.2. The molecular formula is C13H6BrCl2F3. The van der Waals surface area contributed by atoms with Crippen LogP contribution in [0, 0.1) is 17.5 Å². The Labute approximate surface area is 126 Å². The molecule has 100 valence electrons. The molecule has 0 N–H and O–H groups in total. The van der Waals surface area contributed by atoms with Crippen molar-refractivity contribution in [2.24, 2.45) is 0 Å². The Hall–Kier alpha value is -0.710. The van der Waals surface area contributed by atoms with Crippen molar-refractivity contribution in [3.05, 3.63) is 69.0 Å².